The van der Waals surface area contributed by atoms with E-state index >= 15 is 0 Å². The van der Waals surface area contributed by atoms with E-state index in [1.165, 1.54) is 22.5 Å². The Kier molecular flexibility index (Phi) is 9.28. The summed E-state index contributed by atoms with van der Waals surface area (Å²) in [5.41, 5.74) is 1.84. The van der Waals surface area contributed by atoms with Crippen molar-refractivity contribution in [1.29, 1.82) is 0 Å². The first-order valence-electron chi connectivity index (χ1n) is 14.1. The first-order chi connectivity index (χ1) is 20.9. The van der Waals surface area contributed by atoms with Gasteiger partial charge in [0.25, 0.3) is 5.91 Å². The molecular weight excluding hydrogens is 599 g/mol. The molecule has 0 aliphatic carbocycles. The number of ether oxygens (including phenoxy) is 2. The van der Waals surface area contributed by atoms with Crippen LogP contribution in [0.3, 0.4) is 0 Å². The van der Waals surface area contributed by atoms with Crippen molar-refractivity contribution in [3.8, 4) is 0 Å². The standard InChI is InChI=1S/C31H32F3N3O6S/c1-21-6-9-24(10-7-21)44(40,41)37-13-12-22-4-2-3-5-25(22)28(37)19-30(39)43-20-29(38)35-26-18-23(31(32,33)34)8-11-27(26)36-14-16-42-17-15-36/h2-11,18,28H,12-17,19-20H2,1H3,(H,35,38)/t28-/m0/s1. The second-order valence-corrected chi connectivity index (χ2v) is 12.5. The summed E-state index contributed by atoms with van der Waals surface area (Å²) in [6.45, 7) is 2.84. The summed E-state index contributed by atoms with van der Waals surface area (Å²) in [6, 6.07) is 15.9. The van der Waals surface area contributed by atoms with Crippen LogP contribution in [0.25, 0.3) is 0 Å². The Bertz CT molecular complexity index is 1620. The monoisotopic (exact) mass is 631 g/mol. The van der Waals surface area contributed by atoms with Crippen molar-refractivity contribution in [3.63, 3.8) is 0 Å². The van der Waals surface area contributed by atoms with Crippen molar-refractivity contribution in [2.75, 3.05) is 49.7 Å². The molecule has 13 heteroatoms. The zero-order valence-corrected chi connectivity index (χ0v) is 24.8. The number of hydrogen-bond acceptors (Lipinski definition) is 7. The Hall–Kier alpha value is -3.94. The molecule has 1 amide bonds. The lowest BCUT2D eigenvalue weighted by molar-refractivity contribution is -0.148. The summed E-state index contributed by atoms with van der Waals surface area (Å²) >= 11 is 0. The highest BCUT2D eigenvalue weighted by Gasteiger charge is 2.38. The fourth-order valence-corrected chi connectivity index (χ4v) is 7.02. The van der Waals surface area contributed by atoms with E-state index in [0.717, 1.165) is 23.3 Å². The first-order valence-corrected chi connectivity index (χ1v) is 15.5. The molecule has 0 unspecified atom stereocenters. The lowest BCUT2D eigenvalue weighted by Gasteiger charge is -2.36. The average Bonchev–Trinajstić information content (AvgIpc) is 3.00. The van der Waals surface area contributed by atoms with Crippen molar-refractivity contribution in [1.82, 2.24) is 4.31 Å². The molecule has 0 radical (unpaired) electrons. The van der Waals surface area contributed by atoms with Crippen molar-refractivity contribution < 1.29 is 40.7 Å². The number of alkyl halides is 3. The third-order valence-corrected chi connectivity index (χ3v) is 9.59. The number of nitrogens with one attached hydrogen (secondary N) is 1. The van der Waals surface area contributed by atoms with Crippen LogP contribution in [-0.2, 0) is 41.7 Å². The number of benzene rings is 3. The molecule has 5 rings (SSSR count). The number of sulfonamides is 1. The normalized spacial score (nSPS) is 17.5. The number of fused-ring (bicyclic) bond motifs is 1. The molecule has 0 aromatic heterocycles. The predicted molar refractivity (Wildman–Crippen MR) is 157 cm³/mol. The molecule has 0 saturated carbocycles. The van der Waals surface area contributed by atoms with E-state index < -0.39 is 46.3 Å². The van der Waals surface area contributed by atoms with Gasteiger partial charge in [0.1, 0.15) is 0 Å². The Morgan fingerprint density at radius 2 is 1.70 bits per heavy atom. The van der Waals surface area contributed by atoms with Gasteiger partial charge in [0.15, 0.2) is 6.61 Å². The summed E-state index contributed by atoms with van der Waals surface area (Å²) in [7, 11) is -3.98. The highest BCUT2D eigenvalue weighted by Crippen LogP contribution is 2.38. The number of anilines is 2. The fourth-order valence-electron chi connectivity index (χ4n) is 5.42. The third kappa shape index (κ3) is 7.06. The molecule has 1 fully saturated rings. The molecule has 0 spiro atoms. The number of hydrogen-bond donors (Lipinski definition) is 1. The molecule has 1 N–H and O–H groups in total. The maximum absolute atomic E-state index is 13.6. The van der Waals surface area contributed by atoms with E-state index in [0.29, 0.717) is 44.0 Å². The molecule has 2 aliphatic rings. The van der Waals surface area contributed by atoms with Gasteiger partial charge in [-0.25, -0.2) is 8.42 Å². The van der Waals surface area contributed by atoms with Crippen LogP contribution in [0.4, 0.5) is 24.5 Å². The Balaban J connectivity index is 1.31. The zero-order chi connectivity index (χ0) is 31.5. The van der Waals surface area contributed by atoms with Crippen LogP contribution in [0.15, 0.2) is 71.6 Å². The van der Waals surface area contributed by atoms with Gasteiger partial charge in [-0.3, -0.25) is 9.59 Å². The molecule has 9 nitrogen and oxygen atoms in total. The van der Waals surface area contributed by atoms with Crippen LogP contribution in [0.5, 0.6) is 0 Å². The molecule has 3 aromatic rings. The lowest BCUT2D eigenvalue weighted by Crippen LogP contribution is -2.41. The van der Waals surface area contributed by atoms with Crippen LogP contribution in [0.2, 0.25) is 0 Å². The molecule has 1 saturated heterocycles. The summed E-state index contributed by atoms with van der Waals surface area (Å²) in [5, 5.41) is 2.45. The quantitative estimate of drug-likeness (QED) is 0.359. The van der Waals surface area contributed by atoms with Gasteiger partial charge < -0.3 is 19.7 Å². The van der Waals surface area contributed by atoms with E-state index in [1.807, 2.05) is 19.1 Å². The van der Waals surface area contributed by atoms with Crippen LogP contribution in [-0.4, -0.2) is 64.1 Å². The molecule has 2 heterocycles. The van der Waals surface area contributed by atoms with Crippen LogP contribution >= 0.6 is 0 Å². The van der Waals surface area contributed by atoms with E-state index in [-0.39, 0.29) is 23.5 Å². The van der Waals surface area contributed by atoms with Gasteiger partial charge in [0, 0.05) is 19.6 Å². The Labute approximate surface area is 253 Å². The minimum Gasteiger partial charge on any atom is -0.456 e. The van der Waals surface area contributed by atoms with E-state index in [1.54, 1.807) is 29.2 Å². The summed E-state index contributed by atoms with van der Waals surface area (Å²) in [6.07, 6.45) is -4.54. The number of carbonyl (C=O) groups is 2. The highest BCUT2D eigenvalue weighted by atomic mass is 32.2. The maximum Gasteiger partial charge on any atom is 0.416 e. The van der Waals surface area contributed by atoms with Gasteiger partial charge in [-0.2, -0.15) is 17.5 Å². The number of aryl methyl sites for hydroxylation is 1. The summed E-state index contributed by atoms with van der Waals surface area (Å²) in [5.74, 6) is -1.66. The van der Waals surface area contributed by atoms with Gasteiger partial charge in [-0.15, -0.1) is 0 Å². The lowest BCUT2D eigenvalue weighted by atomic mass is 9.92. The van der Waals surface area contributed by atoms with Crippen LogP contribution < -0.4 is 10.2 Å². The van der Waals surface area contributed by atoms with Crippen molar-refractivity contribution in [3.05, 3.63) is 89.0 Å². The van der Waals surface area contributed by atoms with E-state index in [2.05, 4.69) is 5.32 Å². The molecule has 44 heavy (non-hydrogen) atoms. The zero-order valence-electron chi connectivity index (χ0n) is 24.0. The molecule has 2 aliphatic heterocycles. The van der Waals surface area contributed by atoms with E-state index in [4.69, 9.17) is 9.47 Å². The van der Waals surface area contributed by atoms with Gasteiger partial charge in [-0.05, 0) is 54.8 Å². The average molecular weight is 632 g/mol. The number of nitrogens with zero attached hydrogens (tertiary/aromatic N) is 2. The first kappa shape index (κ1) is 31.5. The van der Waals surface area contributed by atoms with Gasteiger partial charge in [-0.1, -0.05) is 42.0 Å². The topological polar surface area (TPSA) is 105 Å². The van der Waals surface area contributed by atoms with Gasteiger partial charge in [0.05, 0.1) is 47.5 Å². The third-order valence-electron chi connectivity index (χ3n) is 7.66. The largest absolute Gasteiger partial charge is 0.456 e. The van der Waals surface area contributed by atoms with Crippen molar-refractivity contribution >= 4 is 33.3 Å². The van der Waals surface area contributed by atoms with Gasteiger partial charge >= 0.3 is 12.1 Å². The highest BCUT2D eigenvalue weighted by molar-refractivity contribution is 7.89. The van der Waals surface area contributed by atoms with Crippen LogP contribution in [0.1, 0.15) is 34.7 Å². The molecular formula is C31H32F3N3O6S. The van der Waals surface area contributed by atoms with Gasteiger partial charge in [0.2, 0.25) is 10.0 Å². The smallest absolute Gasteiger partial charge is 0.416 e. The Morgan fingerprint density at radius 1 is 1.00 bits per heavy atom. The SMILES string of the molecule is Cc1ccc(S(=O)(=O)N2CCc3ccccc3[C@@H]2CC(=O)OCC(=O)Nc2cc(C(F)(F)F)ccc2N2CCOCC2)cc1. The number of rotatable bonds is 8. The number of halogens is 3. The summed E-state index contributed by atoms with van der Waals surface area (Å²) in [4.78, 5) is 27.8. The minimum absolute atomic E-state index is 0.0700. The van der Waals surface area contributed by atoms with Crippen molar-refractivity contribution in [2.24, 2.45) is 0 Å². The predicted octanol–water partition coefficient (Wildman–Crippen LogP) is 4.71. The van der Waals surface area contributed by atoms with Crippen molar-refractivity contribution in [2.45, 2.75) is 36.9 Å². The minimum atomic E-state index is -4.63. The number of morpholine rings is 1. The summed E-state index contributed by atoms with van der Waals surface area (Å²) < 4.78 is 79.4. The second kappa shape index (κ2) is 13.0. The van der Waals surface area contributed by atoms with E-state index in [9.17, 15) is 31.2 Å². The number of carbonyl (C=O) groups excluding carboxylic acids is 2. The molecule has 3 aromatic carbocycles. The molecule has 0 bridgehead atoms. The maximum atomic E-state index is 13.6. The Morgan fingerprint density at radius 3 is 2.41 bits per heavy atom. The number of amides is 1. The van der Waals surface area contributed by atoms with Crippen LogP contribution in [0, 0.1) is 6.92 Å². The number of esters is 1. The molecule has 1 atom stereocenters. The molecule has 234 valence electrons. The fraction of sp³-hybridized carbons (Fsp3) is 0.355. The second-order valence-electron chi connectivity index (χ2n) is 10.6.